The Balaban J connectivity index is 2.09. The van der Waals surface area contributed by atoms with Crippen LogP contribution in [0.5, 0.6) is 17.2 Å². The largest absolute Gasteiger partial charge is 0.490 e. The maximum atomic E-state index is 12.1. The van der Waals surface area contributed by atoms with Crippen molar-refractivity contribution >= 4 is 33.5 Å². The lowest BCUT2D eigenvalue weighted by Gasteiger charge is -2.13. The molecule has 130 valence electrons. The van der Waals surface area contributed by atoms with Gasteiger partial charge in [-0.3, -0.25) is 0 Å². The topological polar surface area (TPSA) is 68.5 Å². The fourth-order valence-corrected chi connectivity index (χ4v) is 2.63. The third kappa shape index (κ3) is 5.12. The number of rotatable bonds is 6. The van der Waals surface area contributed by atoms with Gasteiger partial charge in [0.25, 0.3) is 0 Å². The van der Waals surface area contributed by atoms with Crippen LogP contribution in [0.4, 0.5) is 0 Å². The van der Waals surface area contributed by atoms with Crippen molar-refractivity contribution < 1.29 is 19.0 Å². The number of nitriles is 1. The van der Waals surface area contributed by atoms with E-state index in [4.69, 9.17) is 31.1 Å². The molecule has 0 unspecified atom stereocenters. The maximum Gasteiger partial charge on any atom is 0.349 e. The molecule has 0 aliphatic rings. The molecule has 0 radical (unpaired) electrons. The molecule has 0 heterocycles. The second-order valence-corrected chi connectivity index (χ2v) is 6.27. The minimum absolute atomic E-state index is 0.210. The Hall–Kier alpha value is -2.23. The number of esters is 1. The Bertz CT molecular complexity index is 833. The van der Waals surface area contributed by atoms with Gasteiger partial charge in [-0.25, -0.2) is 4.79 Å². The van der Waals surface area contributed by atoms with Crippen molar-refractivity contribution in [2.75, 3.05) is 13.2 Å². The molecule has 2 rings (SSSR count). The Labute approximate surface area is 159 Å². The Kier molecular flexibility index (Phi) is 6.68. The summed E-state index contributed by atoms with van der Waals surface area (Å²) in [6, 6.07) is 10.2. The van der Waals surface area contributed by atoms with Crippen molar-refractivity contribution in [1.29, 1.82) is 5.26 Å². The van der Waals surface area contributed by atoms with Crippen LogP contribution in [0.1, 0.15) is 18.1 Å². The van der Waals surface area contributed by atoms with E-state index in [2.05, 4.69) is 15.9 Å². The number of benzene rings is 2. The van der Waals surface area contributed by atoms with Gasteiger partial charge in [-0.05, 0) is 59.6 Å². The monoisotopic (exact) mass is 423 g/mol. The van der Waals surface area contributed by atoms with Crippen LogP contribution in [0.15, 0.2) is 34.8 Å². The predicted molar refractivity (Wildman–Crippen MR) is 97.3 cm³/mol. The van der Waals surface area contributed by atoms with Crippen molar-refractivity contribution in [3.8, 4) is 23.3 Å². The molecule has 0 spiro atoms. The van der Waals surface area contributed by atoms with Gasteiger partial charge in [0.1, 0.15) is 5.75 Å². The number of carbonyl (C=O) groups excluding carboxylic acids is 1. The van der Waals surface area contributed by atoms with Crippen LogP contribution in [-0.4, -0.2) is 19.2 Å². The highest BCUT2D eigenvalue weighted by Gasteiger charge is 2.16. The number of halogens is 2. The first-order valence-electron chi connectivity index (χ1n) is 7.40. The van der Waals surface area contributed by atoms with Gasteiger partial charge in [-0.15, -0.1) is 0 Å². The molecule has 0 atom stereocenters. The van der Waals surface area contributed by atoms with Gasteiger partial charge in [-0.2, -0.15) is 5.26 Å². The van der Waals surface area contributed by atoms with Crippen LogP contribution in [0.3, 0.4) is 0 Å². The SMILES string of the molecule is CCOc1cc(C#N)cc(Br)c1OC(=O)COc1ccc(Cl)c(C)c1. The van der Waals surface area contributed by atoms with E-state index >= 15 is 0 Å². The molecule has 0 aliphatic carbocycles. The van der Waals surface area contributed by atoms with Crippen molar-refractivity contribution in [1.82, 2.24) is 0 Å². The van der Waals surface area contributed by atoms with Crippen molar-refractivity contribution in [2.24, 2.45) is 0 Å². The summed E-state index contributed by atoms with van der Waals surface area (Å²) >= 11 is 9.24. The lowest BCUT2D eigenvalue weighted by molar-refractivity contribution is -0.136. The molecular formula is C18H15BrClNO4. The summed E-state index contributed by atoms with van der Waals surface area (Å²) < 4.78 is 16.6. The fraction of sp³-hybridized carbons (Fsp3) is 0.222. The highest BCUT2D eigenvalue weighted by Crippen LogP contribution is 2.37. The Morgan fingerprint density at radius 2 is 2.04 bits per heavy atom. The highest BCUT2D eigenvalue weighted by atomic mass is 79.9. The van der Waals surface area contributed by atoms with E-state index in [1.807, 2.05) is 13.0 Å². The number of carbonyl (C=O) groups is 1. The van der Waals surface area contributed by atoms with Crippen LogP contribution in [0.25, 0.3) is 0 Å². The predicted octanol–water partition coefficient (Wildman–Crippen LogP) is 4.67. The van der Waals surface area contributed by atoms with Crippen molar-refractivity contribution in [3.05, 3.63) is 51.0 Å². The summed E-state index contributed by atoms with van der Waals surface area (Å²) in [6.45, 7) is 3.73. The van der Waals surface area contributed by atoms with E-state index < -0.39 is 5.97 Å². The van der Waals surface area contributed by atoms with E-state index in [1.165, 1.54) is 6.07 Å². The quantitative estimate of drug-likeness (QED) is 0.498. The van der Waals surface area contributed by atoms with Gasteiger partial charge in [0, 0.05) is 11.1 Å². The summed E-state index contributed by atoms with van der Waals surface area (Å²) in [7, 11) is 0. The third-order valence-corrected chi connectivity index (χ3v) is 4.15. The lowest BCUT2D eigenvalue weighted by Crippen LogP contribution is -2.18. The Morgan fingerprint density at radius 3 is 2.68 bits per heavy atom. The van der Waals surface area contributed by atoms with Gasteiger partial charge in [0.05, 0.1) is 22.7 Å². The van der Waals surface area contributed by atoms with E-state index in [1.54, 1.807) is 31.2 Å². The summed E-state index contributed by atoms with van der Waals surface area (Å²) in [5, 5.41) is 9.64. The number of hydrogen-bond donors (Lipinski definition) is 0. The van der Waals surface area contributed by atoms with Crippen LogP contribution in [0.2, 0.25) is 5.02 Å². The van der Waals surface area contributed by atoms with Gasteiger partial charge in [-0.1, -0.05) is 11.6 Å². The van der Waals surface area contributed by atoms with Crippen molar-refractivity contribution in [2.45, 2.75) is 13.8 Å². The smallest absolute Gasteiger partial charge is 0.349 e. The summed E-state index contributed by atoms with van der Waals surface area (Å²) in [4.78, 5) is 12.1. The zero-order valence-corrected chi connectivity index (χ0v) is 16.0. The molecule has 25 heavy (non-hydrogen) atoms. The lowest BCUT2D eigenvalue weighted by atomic mass is 10.2. The molecule has 2 aromatic rings. The highest BCUT2D eigenvalue weighted by molar-refractivity contribution is 9.10. The van der Waals surface area contributed by atoms with Gasteiger partial charge >= 0.3 is 5.97 Å². The number of aryl methyl sites for hydroxylation is 1. The fourth-order valence-electron chi connectivity index (χ4n) is 1.99. The molecule has 0 aliphatic heterocycles. The average Bonchev–Trinajstić information content (AvgIpc) is 2.59. The van der Waals surface area contributed by atoms with Crippen LogP contribution < -0.4 is 14.2 Å². The molecule has 0 amide bonds. The maximum absolute atomic E-state index is 12.1. The molecule has 0 saturated carbocycles. The summed E-state index contributed by atoms with van der Waals surface area (Å²) in [6.07, 6.45) is 0. The van der Waals surface area contributed by atoms with Crippen LogP contribution in [0, 0.1) is 18.3 Å². The molecule has 0 aromatic heterocycles. The molecule has 0 bridgehead atoms. The van der Waals surface area contributed by atoms with E-state index in [0.717, 1.165) is 5.56 Å². The average molecular weight is 425 g/mol. The van der Waals surface area contributed by atoms with Gasteiger partial charge < -0.3 is 14.2 Å². The van der Waals surface area contributed by atoms with E-state index in [9.17, 15) is 4.79 Å². The molecule has 0 N–H and O–H groups in total. The van der Waals surface area contributed by atoms with Crippen LogP contribution >= 0.6 is 27.5 Å². The van der Waals surface area contributed by atoms with Gasteiger partial charge in [0.2, 0.25) is 0 Å². The van der Waals surface area contributed by atoms with E-state index in [0.29, 0.717) is 33.2 Å². The minimum Gasteiger partial charge on any atom is -0.490 e. The van der Waals surface area contributed by atoms with Crippen LogP contribution in [-0.2, 0) is 4.79 Å². The summed E-state index contributed by atoms with van der Waals surface area (Å²) in [5.74, 6) is 0.438. The number of ether oxygens (including phenoxy) is 3. The zero-order chi connectivity index (χ0) is 18.4. The second-order valence-electron chi connectivity index (χ2n) is 5.00. The molecule has 0 fully saturated rings. The molecule has 7 heteroatoms. The second kappa shape index (κ2) is 8.75. The third-order valence-electron chi connectivity index (χ3n) is 3.14. The van der Waals surface area contributed by atoms with Crippen molar-refractivity contribution in [3.63, 3.8) is 0 Å². The summed E-state index contributed by atoms with van der Waals surface area (Å²) in [5.41, 5.74) is 1.24. The molecule has 0 saturated heterocycles. The zero-order valence-electron chi connectivity index (χ0n) is 13.6. The van der Waals surface area contributed by atoms with Gasteiger partial charge in [0.15, 0.2) is 18.1 Å². The first kappa shape index (κ1) is 19.1. The molecular weight excluding hydrogens is 410 g/mol. The Morgan fingerprint density at radius 1 is 1.28 bits per heavy atom. The molecule has 2 aromatic carbocycles. The van der Waals surface area contributed by atoms with E-state index in [-0.39, 0.29) is 12.4 Å². The number of hydrogen-bond acceptors (Lipinski definition) is 5. The normalized spacial score (nSPS) is 10.0. The minimum atomic E-state index is -0.598. The molecule has 5 nitrogen and oxygen atoms in total. The number of nitrogens with zero attached hydrogens (tertiary/aromatic N) is 1. The standard InChI is InChI=1S/C18H15BrClNO4/c1-3-23-16-8-12(9-21)7-14(19)18(16)25-17(22)10-24-13-4-5-15(20)11(2)6-13/h4-8H,3,10H2,1-2H3. The first-order chi connectivity index (χ1) is 11.9. The first-order valence-corrected chi connectivity index (χ1v) is 8.57.